The highest BCUT2D eigenvalue weighted by Crippen LogP contribution is 2.27. The predicted octanol–water partition coefficient (Wildman–Crippen LogP) is 2.59. The topological polar surface area (TPSA) is 49.8 Å². The fourth-order valence-electron chi connectivity index (χ4n) is 3.07. The van der Waals surface area contributed by atoms with Gasteiger partial charge in [0.2, 0.25) is 0 Å². The Kier molecular flexibility index (Phi) is 5.62. The van der Waals surface area contributed by atoms with Crippen LogP contribution in [0.3, 0.4) is 0 Å². The summed E-state index contributed by atoms with van der Waals surface area (Å²) in [5.74, 6) is 1.14. The molecule has 0 aromatic heterocycles. The van der Waals surface area contributed by atoms with Crippen molar-refractivity contribution in [2.45, 2.75) is 45.3 Å². The van der Waals surface area contributed by atoms with E-state index in [0.29, 0.717) is 23.3 Å². The van der Waals surface area contributed by atoms with Crippen LogP contribution in [0.5, 0.6) is 5.75 Å². The molecule has 2 unspecified atom stereocenters. The van der Waals surface area contributed by atoms with Gasteiger partial charge in [0.15, 0.2) is 6.61 Å². The molecule has 0 heterocycles. The first kappa shape index (κ1) is 15.8. The molecule has 116 valence electrons. The van der Waals surface area contributed by atoms with E-state index in [1.807, 2.05) is 24.1 Å². The summed E-state index contributed by atoms with van der Waals surface area (Å²) in [7, 11) is 1.87. The second kappa shape index (κ2) is 7.46. The molecule has 0 saturated heterocycles. The molecule has 4 heteroatoms. The van der Waals surface area contributed by atoms with Crippen LogP contribution in [0.25, 0.3) is 0 Å². The highest BCUT2D eigenvalue weighted by Gasteiger charge is 2.27. The number of nitrogens with zero attached hydrogens (tertiary/aromatic N) is 1. The van der Waals surface area contributed by atoms with E-state index in [2.05, 4.69) is 6.92 Å². The fraction of sp³-hybridized carbons (Fsp3) is 0.588. The number of aliphatic hydroxyl groups is 1. The summed E-state index contributed by atoms with van der Waals surface area (Å²) in [5, 5.41) is 9.26. The van der Waals surface area contributed by atoms with Crippen molar-refractivity contribution in [1.82, 2.24) is 4.90 Å². The number of carbonyl (C=O) groups is 1. The van der Waals surface area contributed by atoms with E-state index in [0.717, 1.165) is 6.42 Å². The van der Waals surface area contributed by atoms with Crippen LogP contribution >= 0.6 is 0 Å². The van der Waals surface area contributed by atoms with Gasteiger partial charge in [-0.25, -0.2) is 0 Å². The monoisotopic (exact) mass is 291 g/mol. The number of aliphatic hydroxyl groups excluding tert-OH is 1. The van der Waals surface area contributed by atoms with Crippen molar-refractivity contribution in [3.8, 4) is 5.75 Å². The molecular weight excluding hydrogens is 266 g/mol. The van der Waals surface area contributed by atoms with Crippen LogP contribution in [0.15, 0.2) is 24.3 Å². The molecule has 1 aliphatic rings. The van der Waals surface area contributed by atoms with E-state index in [9.17, 15) is 9.90 Å². The summed E-state index contributed by atoms with van der Waals surface area (Å²) in [5.41, 5.74) is 0.707. The lowest BCUT2D eigenvalue weighted by Crippen LogP contribution is -2.44. The molecule has 1 amide bonds. The lowest BCUT2D eigenvalue weighted by atomic mass is 9.85. The lowest BCUT2D eigenvalue weighted by molar-refractivity contribution is -0.135. The van der Waals surface area contributed by atoms with E-state index >= 15 is 0 Å². The molecule has 1 N–H and O–H groups in total. The van der Waals surface area contributed by atoms with Gasteiger partial charge >= 0.3 is 0 Å². The molecule has 0 spiro atoms. The maximum Gasteiger partial charge on any atom is 0.260 e. The molecule has 0 radical (unpaired) electrons. The second-order valence-corrected chi connectivity index (χ2v) is 5.89. The number of amides is 1. The Hall–Kier alpha value is -1.55. The van der Waals surface area contributed by atoms with Gasteiger partial charge in [-0.2, -0.15) is 0 Å². The number of rotatable bonds is 5. The summed E-state index contributed by atoms with van der Waals surface area (Å²) in [6.07, 6.45) is 4.73. The third-order valence-electron chi connectivity index (χ3n) is 4.45. The predicted molar refractivity (Wildman–Crippen MR) is 82.0 cm³/mol. The Bertz CT molecular complexity index is 475. The molecule has 0 aliphatic heterocycles. The highest BCUT2D eigenvalue weighted by atomic mass is 16.5. The van der Waals surface area contributed by atoms with E-state index in [4.69, 9.17) is 4.74 Å². The van der Waals surface area contributed by atoms with Gasteiger partial charge in [-0.05, 0) is 24.8 Å². The minimum atomic E-state index is -0.0835. The zero-order chi connectivity index (χ0) is 15.2. The van der Waals surface area contributed by atoms with Crippen LogP contribution < -0.4 is 4.74 Å². The van der Waals surface area contributed by atoms with Gasteiger partial charge in [-0.1, -0.05) is 38.0 Å². The van der Waals surface area contributed by atoms with Crippen LogP contribution in [0, 0.1) is 5.92 Å². The summed E-state index contributed by atoms with van der Waals surface area (Å²) in [6.45, 7) is 2.16. The lowest BCUT2D eigenvalue weighted by Gasteiger charge is -2.36. The normalized spacial score (nSPS) is 21.9. The van der Waals surface area contributed by atoms with Crippen LogP contribution in [-0.2, 0) is 11.4 Å². The first-order valence-electron chi connectivity index (χ1n) is 7.70. The number of ether oxygens (including phenoxy) is 1. The number of likely N-dealkylation sites (N-methyl/N-ethyl adjacent to an activating group) is 1. The number of para-hydroxylation sites is 1. The van der Waals surface area contributed by atoms with Gasteiger partial charge in [-0.3, -0.25) is 4.79 Å². The van der Waals surface area contributed by atoms with E-state index in [1.54, 1.807) is 12.1 Å². The van der Waals surface area contributed by atoms with Crippen molar-refractivity contribution in [1.29, 1.82) is 0 Å². The second-order valence-electron chi connectivity index (χ2n) is 5.89. The molecule has 2 atom stereocenters. The number of carbonyl (C=O) groups excluding carboxylic acids is 1. The number of benzene rings is 1. The van der Waals surface area contributed by atoms with Crippen molar-refractivity contribution >= 4 is 5.91 Å². The Morgan fingerprint density at radius 3 is 2.76 bits per heavy atom. The molecular formula is C17H25NO3. The van der Waals surface area contributed by atoms with Gasteiger partial charge in [-0.15, -0.1) is 0 Å². The minimum Gasteiger partial charge on any atom is -0.483 e. The summed E-state index contributed by atoms with van der Waals surface area (Å²) in [6, 6.07) is 7.58. The standard InChI is InChI=1S/C17H25NO3/c1-13-7-3-5-9-15(13)18(2)17(20)12-21-16-10-6-4-8-14(16)11-19/h4,6,8,10,13,15,19H,3,5,7,9,11-12H2,1-2H3. The quantitative estimate of drug-likeness (QED) is 0.907. The number of hydrogen-bond donors (Lipinski definition) is 1. The van der Waals surface area contributed by atoms with E-state index in [-0.39, 0.29) is 19.1 Å². The molecule has 4 nitrogen and oxygen atoms in total. The molecule has 1 saturated carbocycles. The van der Waals surface area contributed by atoms with E-state index in [1.165, 1.54) is 19.3 Å². The third-order valence-corrected chi connectivity index (χ3v) is 4.45. The Balaban J connectivity index is 1.91. The molecule has 1 fully saturated rings. The fourth-order valence-corrected chi connectivity index (χ4v) is 3.07. The summed E-state index contributed by atoms with van der Waals surface area (Å²) in [4.78, 5) is 14.1. The first-order chi connectivity index (χ1) is 10.1. The third kappa shape index (κ3) is 3.97. The zero-order valence-corrected chi connectivity index (χ0v) is 12.9. The van der Waals surface area contributed by atoms with Crippen molar-refractivity contribution in [2.75, 3.05) is 13.7 Å². The SMILES string of the molecule is CC1CCCCC1N(C)C(=O)COc1ccccc1CO. The Labute approximate surface area is 126 Å². The van der Waals surface area contributed by atoms with Crippen LogP contribution in [0.1, 0.15) is 38.2 Å². The van der Waals surface area contributed by atoms with Crippen LogP contribution in [0.2, 0.25) is 0 Å². The molecule has 1 aromatic carbocycles. The van der Waals surface area contributed by atoms with Crippen LogP contribution in [-0.4, -0.2) is 35.6 Å². The van der Waals surface area contributed by atoms with Gasteiger partial charge < -0.3 is 14.7 Å². The van der Waals surface area contributed by atoms with Crippen molar-refractivity contribution in [3.05, 3.63) is 29.8 Å². The van der Waals surface area contributed by atoms with Crippen molar-refractivity contribution in [2.24, 2.45) is 5.92 Å². The maximum atomic E-state index is 12.3. The van der Waals surface area contributed by atoms with Gasteiger partial charge in [0, 0.05) is 18.7 Å². The van der Waals surface area contributed by atoms with Crippen LogP contribution in [0.4, 0.5) is 0 Å². The smallest absolute Gasteiger partial charge is 0.260 e. The Morgan fingerprint density at radius 1 is 1.33 bits per heavy atom. The minimum absolute atomic E-state index is 0.00138. The average molecular weight is 291 g/mol. The Morgan fingerprint density at radius 2 is 2.05 bits per heavy atom. The first-order valence-corrected chi connectivity index (χ1v) is 7.70. The maximum absolute atomic E-state index is 12.3. The zero-order valence-electron chi connectivity index (χ0n) is 12.9. The van der Waals surface area contributed by atoms with Gasteiger partial charge in [0.25, 0.3) is 5.91 Å². The summed E-state index contributed by atoms with van der Waals surface area (Å²) < 4.78 is 5.59. The summed E-state index contributed by atoms with van der Waals surface area (Å²) >= 11 is 0. The van der Waals surface area contributed by atoms with Gasteiger partial charge in [0.05, 0.1) is 6.61 Å². The largest absolute Gasteiger partial charge is 0.483 e. The molecule has 1 aromatic rings. The number of hydrogen-bond acceptors (Lipinski definition) is 3. The molecule has 21 heavy (non-hydrogen) atoms. The highest BCUT2D eigenvalue weighted by molar-refractivity contribution is 5.77. The molecule has 2 rings (SSSR count). The van der Waals surface area contributed by atoms with Crippen molar-refractivity contribution < 1.29 is 14.6 Å². The van der Waals surface area contributed by atoms with E-state index < -0.39 is 0 Å². The van der Waals surface area contributed by atoms with Gasteiger partial charge in [0.1, 0.15) is 5.75 Å². The van der Waals surface area contributed by atoms with Crippen molar-refractivity contribution in [3.63, 3.8) is 0 Å². The molecule has 0 bridgehead atoms. The molecule has 1 aliphatic carbocycles. The average Bonchev–Trinajstić information content (AvgIpc) is 2.52.